The van der Waals surface area contributed by atoms with E-state index in [2.05, 4.69) is 15.2 Å². The molecule has 7 heteroatoms. The summed E-state index contributed by atoms with van der Waals surface area (Å²) < 4.78 is 18.4. The zero-order valence-electron chi connectivity index (χ0n) is 16.4. The Morgan fingerprint density at radius 3 is 2.59 bits per heavy atom. The van der Waals surface area contributed by atoms with Crippen LogP contribution in [0.1, 0.15) is 41.2 Å². The van der Waals surface area contributed by atoms with Crippen molar-refractivity contribution < 1.29 is 18.7 Å². The van der Waals surface area contributed by atoms with Crippen molar-refractivity contribution in [2.75, 3.05) is 32.8 Å². The molecule has 0 spiro atoms. The summed E-state index contributed by atoms with van der Waals surface area (Å²) in [5.41, 5.74) is 1.52. The summed E-state index contributed by atoms with van der Waals surface area (Å²) in [6.45, 7) is 3.45. The molecule has 1 N–H and O–H groups in total. The van der Waals surface area contributed by atoms with Gasteiger partial charge in [-0.15, -0.1) is 0 Å². The van der Waals surface area contributed by atoms with Gasteiger partial charge in [0.1, 0.15) is 5.82 Å². The summed E-state index contributed by atoms with van der Waals surface area (Å²) in [5.74, 6) is -0.539. The number of hydrogen-bond donors (Lipinski definition) is 1. The zero-order chi connectivity index (χ0) is 20.5. The number of hydrogen-bond acceptors (Lipinski definition) is 5. The fourth-order valence-corrected chi connectivity index (χ4v) is 3.41. The Labute approximate surface area is 170 Å². The van der Waals surface area contributed by atoms with Gasteiger partial charge in [0.25, 0.3) is 0 Å². The number of halogens is 1. The van der Waals surface area contributed by atoms with E-state index in [0.717, 1.165) is 18.7 Å². The lowest BCUT2D eigenvalue weighted by atomic mass is 10.0. The molecule has 1 aromatic heterocycles. The summed E-state index contributed by atoms with van der Waals surface area (Å²) >= 11 is 0. The molecule has 1 aromatic carbocycles. The van der Waals surface area contributed by atoms with Gasteiger partial charge >= 0.3 is 0 Å². The van der Waals surface area contributed by atoms with Crippen molar-refractivity contribution in [2.24, 2.45) is 0 Å². The van der Waals surface area contributed by atoms with Crippen LogP contribution in [0.3, 0.4) is 0 Å². The topological polar surface area (TPSA) is 71.5 Å². The second kappa shape index (κ2) is 10.8. The summed E-state index contributed by atoms with van der Waals surface area (Å²) in [4.78, 5) is 30.9. The van der Waals surface area contributed by atoms with E-state index >= 15 is 0 Å². The minimum Gasteiger partial charge on any atom is -0.379 e. The van der Waals surface area contributed by atoms with Gasteiger partial charge in [-0.25, -0.2) is 4.39 Å². The van der Waals surface area contributed by atoms with Crippen LogP contribution in [0.25, 0.3) is 0 Å². The number of nitrogens with zero attached hydrogens (tertiary/aromatic N) is 2. The van der Waals surface area contributed by atoms with Crippen molar-refractivity contribution in [1.82, 2.24) is 15.2 Å². The lowest BCUT2D eigenvalue weighted by Gasteiger charge is -2.34. The van der Waals surface area contributed by atoms with Gasteiger partial charge < -0.3 is 10.1 Å². The van der Waals surface area contributed by atoms with Crippen LogP contribution in [0, 0.1) is 5.82 Å². The first-order valence-corrected chi connectivity index (χ1v) is 9.90. The highest BCUT2D eigenvalue weighted by molar-refractivity contribution is 5.96. The standard InChI is InChI=1S/C22H26FN3O3/c23-19-8-6-17(7-9-19)21(27)4-1-5-22(28)25-16-20(18-3-2-10-24-15-18)26-11-13-29-14-12-26/h2-3,6-10,15,20H,1,4-5,11-14,16H2,(H,25,28). The van der Waals surface area contributed by atoms with Gasteiger partial charge in [-0.05, 0) is 42.3 Å². The number of benzene rings is 1. The molecule has 0 aliphatic carbocycles. The van der Waals surface area contributed by atoms with Gasteiger partial charge in [-0.2, -0.15) is 0 Å². The molecule has 6 nitrogen and oxygen atoms in total. The van der Waals surface area contributed by atoms with E-state index in [9.17, 15) is 14.0 Å². The molecule has 0 radical (unpaired) electrons. The van der Waals surface area contributed by atoms with Gasteiger partial charge in [0.15, 0.2) is 5.78 Å². The van der Waals surface area contributed by atoms with Crippen LogP contribution >= 0.6 is 0 Å². The maximum atomic E-state index is 12.9. The van der Waals surface area contributed by atoms with Crippen LogP contribution < -0.4 is 5.32 Å². The predicted octanol–water partition coefficient (Wildman–Crippen LogP) is 2.76. The maximum absolute atomic E-state index is 12.9. The third kappa shape index (κ3) is 6.44. The number of pyridine rings is 1. The van der Waals surface area contributed by atoms with Gasteiger partial charge in [0.2, 0.25) is 5.91 Å². The number of ketones is 1. The number of aromatic nitrogens is 1. The predicted molar refractivity (Wildman–Crippen MR) is 107 cm³/mol. The molecular weight excluding hydrogens is 373 g/mol. The fourth-order valence-electron chi connectivity index (χ4n) is 3.41. The monoisotopic (exact) mass is 399 g/mol. The lowest BCUT2D eigenvalue weighted by Crippen LogP contribution is -2.43. The summed E-state index contributed by atoms with van der Waals surface area (Å²) in [6, 6.07) is 9.43. The Kier molecular flexibility index (Phi) is 7.84. The van der Waals surface area contributed by atoms with Crippen molar-refractivity contribution >= 4 is 11.7 Å². The van der Waals surface area contributed by atoms with Crippen molar-refractivity contribution in [3.8, 4) is 0 Å². The maximum Gasteiger partial charge on any atom is 0.220 e. The molecule has 1 saturated heterocycles. The molecule has 1 aliphatic heterocycles. The molecule has 1 fully saturated rings. The zero-order valence-corrected chi connectivity index (χ0v) is 16.4. The van der Waals surface area contributed by atoms with E-state index in [1.807, 2.05) is 18.3 Å². The molecule has 154 valence electrons. The van der Waals surface area contributed by atoms with Crippen LogP contribution in [-0.2, 0) is 9.53 Å². The van der Waals surface area contributed by atoms with Crippen LogP contribution in [-0.4, -0.2) is 54.4 Å². The van der Waals surface area contributed by atoms with E-state index in [4.69, 9.17) is 4.74 Å². The molecule has 2 heterocycles. The fraction of sp³-hybridized carbons (Fsp3) is 0.409. The highest BCUT2D eigenvalue weighted by Gasteiger charge is 2.23. The summed E-state index contributed by atoms with van der Waals surface area (Å²) in [5, 5.41) is 2.99. The molecule has 0 bridgehead atoms. The molecule has 1 atom stereocenters. The second-order valence-electron chi connectivity index (χ2n) is 7.04. The first-order chi connectivity index (χ1) is 14.1. The SMILES string of the molecule is O=C(CCCC(=O)c1ccc(F)cc1)NCC(c1cccnc1)N1CCOCC1. The van der Waals surface area contributed by atoms with Gasteiger partial charge in [-0.1, -0.05) is 6.07 Å². The molecule has 1 aliphatic rings. The molecule has 3 rings (SSSR count). The number of carbonyl (C=O) groups is 2. The van der Waals surface area contributed by atoms with Crippen molar-refractivity contribution in [2.45, 2.75) is 25.3 Å². The van der Waals surface area contributed by atoms with Gasteiger partial charge in [0, 0.05) is 50.4 Å². The minimum atomic E-state index is -0.371. The van der Waals surface area contributed by atoms with E-state index in [1.165, 1.54) is 24.3 Å². The average molecular weight is 399 g/mol. The van der Waals surface area contributed by atoms with Crippen LogP contribution in [0.5, 0.6) is 0 Å². The van der Waals surface area contributed by atoms with Crippen LogP contribution in [0.2, 0.25) is 0 Å². The number of amides is 1. The van der Waals surface area contributed by atoms with E-state index in [0.29, 0.717) is 31.7 Å². The Hall–Kier alpha value is -2.64. The van der Waals surface area contributed by atoms with Gasteiger partial charge in [-0.3, -0.25) is 19.5 Å². The number of rotatable bonds is 9. The molecule has 1 amide bonds. The average Bonchev–Trinajstić information content (AvgIpc) is 2.76. The first kappa shape index (κ1) is 21.1. The Morgan fingerprint density at radius 1 is 1.14 bits per heavy atom. The van der Waals surface area contributed by atoms with E-state index in [-0.39, 0.29) is 36.4 Å². The first-order valence-electron chi connectivity index (χ1n) is 9.90. The largest absolute Gasteiger partial charge is 0.379 e. The Bertz CT molecular complexity index is 793. The lowest BCUT2D eigenvalue weighted by molar-refractivity contribution is -0.121. The number of carbonyl (C=O) groups excluding carboxylic acids is 2. The third-order valence-electron chi connectivity index (χ3n) is 5.02. The smallest absolute Gasteiger partial charge is 0.220 e. The van der Waals surface area contributed by atoms with E-state index < -0.39 is 0 Å². The third-order valence-corrected chi connectivity index (χ3v) is 5.02. The van der Waals surface area contributed by atoms with Crippen molar-refractivity contribution in [1.29, 1.82) is 0 Å². The highest BCUT2D eigenvalue weighted by Crippen LogP contribution is 2.20. The molecule has 1 unspecified atom stereocenters. The Balaban J connectivity index is 1.47. The molecule has 0 saturated carbocycles. The number of morpholine rings is 1. The quantitative estimate of drug-likeness (QED) is 0.657. The van der Waals surface area contributed by atoms with E-state index in [1.54, 1.807) is 6.20 Å². The molecular formula is C22H26FN3O3. The number of Topliss-reactive ketones (excluding diaryl/α,β-unsaturated/α-hetero) is 1. The Morgan fingerprint density at radius 2 is 1.90 bits per heavy atom. The van der Waals surface area contributed by atoms with Gasteiger partial charge in [0.05, 0.1) is 19.3 Å². The normalized spacial score (nSPS) is 15.6. The van der Waals surface area contributed by atoms with Crippen LogP contribution in [0.15, 0.2) is 48.8 Å². The van der Waals surface area contributed by atoms with Crippen molar-refractivity contribution in [3.05, 3.63) is 65.7 Å². The minimum absolute atomic E-state index is 0.0393. The van der Waals surface area contributed by atoms with Crippen LogP contribution in [0.4, 0.5) is 4.39 Å². The highest BCUT2D eigenvalue weighted by atomic mass is 19.1. The number of ether oxygens (including phenoxy) is 1. The number of nitrogens with one attached hydrogen (secondary N) is 1. The van der Waals surface area contributed by atoms with Crippen molar-refractivity contribution in [3.63, 3.8) is 0 Å². The summed E-state index contributed by atoms with van der Waals surface area (Å²) in [7, 11) is 0. The summed E-state index contributed by atoms with van der Waals surface area (Å²) in [6.07, 6.45) is 4.55. The second-order valence-corrected chi connectivity index (χ2v) is 7.04. The molecule has 29 heavy (non-hydrogen) atoms. The molecule has 2 aromatic rings.